The summed E-state index contributed by atoms with van der Waals surface area (Å²) >= 11 is 0. The van der Waals surface area contributed by atoms with Crippen molar-refractivity contribution in [2.24, 2.45) is 0 Å². The van der Waals surface area contributed by atoms with Crippen LogP contribution in [0.1, 0.15) is 19.3 Å². The summed E-state index contributed by atoms with van der Waals surface area (Å²) in [5.41, 5.74) is 0. The highest BCUT2D eigenvalue weighted by atomic mass is 16.5. The smallest absolute Gasteiger partial charge is 0.110 e. The fraction of sp³-hybridized carbons (Fsp3) is 0.778. The zero-order valence-corrected chi connectivity index (χ0v) is 7.33. The van der Waals surface area contributed by atoms with Crippen LogP contribution in [0.3, 0.4) is 0 Å². The topological polar surface area (TPSA) is 41.5 Å². The van der Waals surface area contributed by atoms with Crippen LogP contribution in [0.25, 0.3) is 0 Å². The molecule has 1 unspecified atom stereocenters. The zero-order chi connectivity index (χ0) is 8.65. The first-order valence-corrected chi connectivity index (χ1v) is 4.55. The molecule has 0 aliphatic carbocycles. The second-order valence-corrected chi connectivity index (χ2v) is 2.99. The third-order valence-electron chi connectivity index (χ3n) is 1.91. The van der Waals surface area contributed by atoms with E-state index in [1.807, 2.05) is 6.08 Å². The zero-order valence-electron chi connectivity index (χ0n) is 7.33. The minimum absolute atomic E-state index is 0.262. The van der Waals surface area contributed by atoms with Gasteiger partial charge in [-0.25, -0.2) is 0 Å². The maximum Gasteiger partial charge on any atom is 0.110 e. The second kappa shape index (κ2) is 6.03. The van der Waals surface area contributed by atoms with Crippen molar-refractivity contribution in [3.63, 3.8) is 0 Å². The van der Waals surface area contributed by atoms with Gasteiger partial charge in [0.05, 0.1) is 6.26 Å². The van der Waals surface area contributed by atoms with Crippen LogP contribution in [0, 0.1) is 0 Å². The molecule has 0 saturated heterocycles. The predicted molar refractivity (Wildman–Crippen MR) is 47.8 cm³/mol. The second-order valence-electron chi connectivity index (χ2n) is 2.99. The van der Waals surface area contributed by atoms with Crippen molar-refractivity contribution in [3.8, 4) is 0 Å². The molecule has 0 bridgehead atoms. The molecule has 1 heterocycles. The summed E-state index contributed by atoms with van der Waals surface area (Å²) in [6.07, 6.45) is 7.19. The van der Waals surface area contributed by atoms with Crippen molar-refractivity contribution >= 4 is 0 Å². The van der Waals surface area contributed by atoms with Crippen molar-refractivity contribution < 1.29 is 9.84 Å². The summed E-state index contributed by atoms with van der Waals surface area (Å²) in [5, 5.41) is 11.8. The lowest BCUT2D eigenvalue weighted by molar-refractivity contribution is 0.122. The maximum absolute atomic E-state index is 8.52. The fourth-order valence-electron chi connectivity index (χ4n) is 1.20. The Morgan fingerprint density at radius 3 is 3.17 bits per heavy atom. The average Bonchev–Trinajstić information content (AvgIpc) is 2.14. The van der Waals surface area contributed by atoms with Crippen molar-refractivity contribution in [2.75, 3.05) is 19.7 Å². The molecule has 1 aliphatic rings. The Balaban J connectivity index is 1.95. The van der Waals surface area contributed by atoms with E-state index in [4.69, 9.17) is 9.84 Å². The van der Waals surface area contributed by atoms with Gasteiger partial charge in [-0.3, -0.25) is 0 Å². The summed E-state index contributed by atoms with van der Waals surface area (Å²) in [4.78, 5) is 0. The molecule has 1 rings (SSSR count). The normalized spacial score (nSPS) is 22.2. The standard InChI is InChI=1S/C9H17NO2/c11-6-3-5-10-8-9-4-1-2-7-12-9/h2,7,9-11H,1,3-6,8H2. The summed E-state index contributed by atoms with van der Waals surface area (Å²) in [6, 6.07) is 0. The highest BCUT2D eigenvalue weighted by Crippen LogP contribution is 2.08. The predicted octanol–water partition coefficient (Wildman–Crippen LogP) is 0.651. The van der Waals surface area contributed by atoms with Gasteiger partial charge in [-0.05, 0) is 31.9 Å². The Kier molecular flexibility index (Phi) is 4.80. The molecule has 0 amide bonds. The molecule has 0 aromatic heterocycles. The van der Waals surface area contributed by atoms with Gasteiger partial charge in [0.1, 0.15) is 6.10 Å². The van der Waals surface area contributed by atoms with E-state index in [1.165, 1.54) is 0 Å². The Labute approximate surface area is 73.4 Å². The molecule has 0 saturated carbocycles. The minimum Gasteiger partial charge on any atom is -0.497 e. The van der Waals surface area contributed by atoms with Crippen LogP contribution in [0.2, 0.25) is 0 Å². The molecule has 3 heteroatoms. The monoisotopic (exact) mass is 171 g/mol. The van der Waals surface area contributed by atoms with Crippen molar-refractivity contribution in [3.05, 3.63) is 12.3 Å². The fourth-order valence-corrected chi connectivity index (χ4v) is 1.20. The molecule has 0 aromatic carbocycles. The molecule has 3 nitrogen and oxygen atoms in total. The first-order chi connectivity index (χ1) is 5.93. The summed E-state index contributed by atoms with van der Waals surface area (Å²) < 4.78 is 5.35. The van der Waals surface area contributed by atoms with Gasteiger partial charge < -0.3 is 15.2 Å². The first-order valence-electron chi connectivity index (χ1n) is 4.55. The van der Waals surface area contributed by atoms with Crippen LogP contribution in [0.4, 0.5) is 0 Å². The molecule has 2 N–H and O–H groups in total. The van der Waals surface area contributed by atoms with Crippen molar-refractivity contribution in [2.45, 2.75) is 25.4 Å². The van der Waals surface area contributed by atoms with Crippen LogP contribution < -0.4 is 5.32 Å². The number of nitrogens with one attached hydrogen (secondary N) is 1. The Morgan fingerprint density at radius 1 is 1.58 bits per heavy atom. The number of allylic oxidation sites excluding steroid dienone is 1. The van der Waals surface area contributed by atoms with Gasteiger partial charge in [-0.2, -0.15) is 0 Å². The van der Waals surface area contributed by atoms with Gasteiger partial charge in [0.2, 0.25) is 0 Å². The number of ether oxygens (including phenoxy) is 1. The number of hydrogen-bond donors (Lipinski definition) is 2. The number of aliphatic hydroxyl groups is 1. The molecule has 70 valence electrons. The maximum atomic E-state index is 8.52. The van der Waals surface area contributed by atoms with Crippen LogP contribution in [-0.2, 0) is 4.74 Å². The Bertz CT molecular complexity index is 136. The van der Waals surface area contributed by atoms with Crippen molar-refractivity contribution in [1.82, 2.24) is 5.32 Å². The van der Waals surface area contributed by atoms with Gasteiger partial charge in [0.15, 0.2) is 0 Å². The van der Waals surface area contributed by atoms with Crippen molar-refractivity contribution in [1.29, 1.82) is 0 Å². The van der Waals surface area contributed by atoms with E-state index in [0.29, 0.717) is 6.10 Å². The highest BCUT2D eigenvalue weighted by Gasteiger charge is 2.08. The number of hydrogen-bond acceptors (Lipinski definition) is 3. The van der Waals surface area contributed by atoms with E-state index in [-0.39, 0.29) is 6.61 Å². The first kappa shape index (κ1) is 9.55. The molecule has 0 aromatic rings. The molecular weight excluding hydrogens is 154 g/mol. The van der Waals surface area contributed by atoms with Gasteiger partial charge in [-0.15, -0.1) is 0 Å². The summed E-state index contributed by atoms with van der Waals surface area (Å²) in [7, 11) is 0. The van der Waals surface area contributed by atoms with E-state index < -0.39 is 0 Å². The number of rotatable bonds is 5. The van der Waals surface area contributed by atoms with Gasteiger partial charge in [-0.1, -0.05) is 0 Å². The van der Waals surface area contributed by atoms with Crippen LogP contribution in [0.15, 0.2) is 12.3 Å². The molecule has 1 atom stereocenters. The van der Waals surface area contributed by atoms with Gasteiger partial charge >= 0.3 is 0 Å². The Morgan fingerprint density at radius 2 is 2.50 bits per heavy atom. The van der Waals surface area contributed by atoms with E-state index in [9.17, 15) is 0 Å². The SMILES string of the molecule is OCCCNCC1CCC=CO1. The van der Waals surface area contributed by atoms with E-state index >= 15 is 0 Å². The third kappa shape index (κ3) is 3.74. The van der Waals surface area contributed by atoms with Gasteiger partial charge in [0, 0.05) is 13.2 Å². The Hall–Kier alpha value is -0.540. The van der Waals surface area contributed by atoms with Gasteiger partial charge in [0.25, 0.3) is 0 Å². The quantitative estimate of drug-likeness (QED) is 0.597. The molecule has 12 heavy (non-hydrogen) atoms. The van der Waals surface area contributed by atoms with E-state index in [1.54, 1.807) is 6.26 Å². The molecule has 1 aliphatic heterocycles. The highest BCUT2D eigenvalue weighted by molar-refractivity contribution is 4.82. The van der Waals surface area contributed by atoms with Crippen LogP contribution in [-0.4, -0.2) is 30.9 Å². The molecular formula is C9H17NO2. The van der Waals surface area contributed by atoms with E-state index in [2.05, 4.69) is 5.32 Å². The average molecular weight is 171 g/mol. The molecule has 0 fully saturated rings. The lowest BCUT2D eigenvalue weighted by atomic mass is 10.1. The molecule has 0 spiro atoms. The van der Waals surface area contributed by atoms with Crippen LogP contribution >= 0.6 is 0 Å². The third-order valence-corrected chi connectivity index (χ3v) is 1.91. The van der Waals surface area contributed by atoms with E-state index in [0.717, 1.165) is 32.4 Å². The number of aliphatic hydroxyl groups excluding tert-OH is 1. The summed E-state index contributed by atoms with van der Waals surface area (Å²) in [6.45, 7) is 2.03. The lowest BCUT2D eigenvalue weighted by Gasteiger charge is -2.19. The minimum atomic E-state index is 0.262. The summed E-state index contributed by atoms with van der Waals surface area (Å²) in [5.74, 6) is 0. The van der Waals surface area contributed by atoms with Crippen LogP contribution in [0.5, 0.6) is 0 Å². The lowest BCUT2D eigenvalue weighted by Crippen LogP contribution is -2.30. The largest absolute Gasteiger partial charge is 0.497 e. The molecule has 0 radical (unpaired) electrons.